The van der Waals surface area contributed by atoms with Gasteiger partial charge in [-0.2, -0.15) is 0 Å². The average Bonchev–Trinajstić information content (AvgIpc) is 2.35. The van der Waals surface area contributed by atoms with Crippen molar-refractivity contribution in [2.45, 2.75) is 19.8 Å². The number of rotatable bonds is 6. The zero-order chi connectivity index (χ0) is 12.7. The van der Waals surface area contributed by atoms with Crippen molar-refractivity contribution < 1.29 is 4.79 Å². The lowest BCUT2D eigenvalue weighted by atomic mass is 10.0. The molecule has 5 heteroatoms. The molecular formula is C12H17BrN2O2. The summed E-state index contributed by atoms with van der Waals surface area (Å²) in [5, 5.41) is 3.82. The molecule has 1 atom stereocenters. The van der Waals surface area contributed by atoms with Crippen LogP contribution in [0.5, 0.6) is 0 Å². The van der Waals surface area contributed by atoms with Gasteiger partial charge in [-0.15, -0.1) is 0 Å². The number of aromatic amines is 1. The number of amides is 1. The van der Waals surface area contributed by atoms with Crippen LogP contribution in [0.15, 0.2) is 23.1 Å². The highest BCUT2D eigenvalue weighted by Gasteiger charge is 2.09. The molecule has 1 amide bonds. The summed E-state index contributed by atoms with van der Waals surface area (Å²) in [6, 6.07) is 2.88. The number of aromatic nitrogens is 1. The maximum atomic E-state index is 11.7. The van der Waals surface area contributed by atoms with Crippen molar-refractivity contribution in [3.8, 4) is 0 Å². The third kappa shape index (κ3) is 4.73. The summed E-state index contributed by atoms with van der Waals surface area (Å²) in [5.74, 6) is 0.343. The molecule has 0 aliphatic rings. The van der Waals surface area contributed by atoms with Gasteiger partial charge in [-0.1, -0.05) is 29.3 Å². The van der Waals surface area contributed by atoms with E-state index in [2.05, 4.69) is 33.2 Å². The smallest absolute Gasteiger partial charge is 0.252 e. The Morgan fingerprint density at radius 2 is 2.29 bits per heavy atom. The van der Waals surface area contributed by atoms with E-state index in [9.17, 15) is 9.59 Å². The fourth-order valence-electron chi connectivity index (χ4n) is 1.50. The number of carbonyl (C=O) groups is 1. The molecule has 0 radical (unpaired) electrons. The maximum absolute atomic E-state index is 11.7. The lowest BCUT2D eigenvalue weighted by Gasteiger charge is -2.14. The molecule has 94 valence electrons. The van der Waals surface area contributed by atoms with Crippen molar-refractivity contribution in [3.63, 3.8) is 0 Å². The highest BCUT2D eigenvalue weighted by Crippen LogP contribution is 2.08. The maximum Gasteiger partial charge on any atom is 0.252 e. The third-order valence-electron chi connectivity index (χ3n) is 2.69. The molecule has 2 N–H and O–H groups in total. The van der Waals surface area contributed by atoms with E-state index in [-0.39, 0.29) is 11.5 Å². The second kappa shape index (κ2) is 7.27. The summed E-state index contributed by atoms with van der Waals surface area (Å²) in [7, 11) is 0. The molecule has 0 aliphatic carbocycles. The predicted octanol–water partition coefficient (Wildman–Crippen LogP) is 1.92. The number of hydrogen-bond donors (Lipinski definition) is 2. The van der Waals surface area contributed by atoms with Gasteiger partial charge in [0.25, 0.3) is 5.91 Å². The number of H-pyrrole nitrogens is 1. The Balaban J connectivity index is 2.49. The molecule has 1 unspecified atom stereocenters. The van der Waals surface area contributed by atoms with E-state index in [4.69, 9.17) is 0 Å². The summed E-state index contributed by atoms with van der Waals surface area (Å²) in [5.41, 5.74) is 0.283. The van der Waals surface area contributed by atoms with Crippen LogP contribution in [-0.2, 0) is 0 Å². The largest absolute Gasteiger partial charge is 0.352 e. The molecule has 0 aromatic carbocycles. The van der Waals surface area contributed by atoms with Gasteiger partial charge in [-0.25, -0.2) is 0 Å². The molecule has 0 aliphatic heterocycles. The first-order chi connectivity index (χ1) is 8.17. The average molecular weight is 301 g/mol. The van der Waals surface area contributed by atoms with E-state index in [0.717, 1.165) is 18.2 Å². The van der Waals surface area contributed by atoms with E-state index >= 15 is 0 Å². The minimum atomic E-state index is -0.202. The fraction of sp³-hybridized carbons (Fsp3) is 0.500. The highest BCUT2D eigenvalue weighted by molar-refractivity contribution is 9.09. The van der Waals surface area contributed by atoms with Gasteiger partial charge < -0.3 is 10.3 Å². The third-order valence-corrected chi connectivity index (χ3v) is 3.15. The second-order valence-corrected chi connectivity index (χ2v) is 4.70. The van der Waals surface area contributed by atoms with Crippen LogP contribution in [0.25, 0.3) is 0 Å². The first-order valence-corrected chi connectivity index (χ1v) is 6.82. The Labute approximate surface area is 109 Å². The number of halogens is 1. The zero-order valence-corrected chi connectivity index (χ0v) is 11.4. The molecule has 1 rings (SSSR count). The van der Waals surface area contributed by atoms with E-state index < -0.39 is 0 Å². The Hall–Kier alpha value is -1.10. The van der Waals surface area contributed by atoms with Gasteiger partial charge in [-0.05, 0) is 18.4 Å². The molecule has 0 saturated carbocycles. The standard InChI is InChI=1S/C12H17BrN2O2/c1-2-9(5-6-13)7-15-12(17)10-3-4-11(16)14-8-10/h3-4,8-9H,2,5-7H2,1H3,(H,14,16)(H,15,17). The molecule has 17 heavy (non-hydrogen) atoms. The van der Waals surface area contributed by atoms with Crippen LogP contribution in [0, 0.1) is 5.92 Å². The lowest BCUT2D eigenvalue weighted by Crippen LogP contribution is -2.29. The zero-order valence-electron chi connectivity index (χ0n) is 9.83. The monoisotopic (exact) mass is 300 g/mol. The van der Waals surface area contributed by atoms with Crippen LogP contribution in [0.1, 0.15) is 30.1 Å². The minimum absolute atomic E-state index is 0.144. The molecule has 1 aromatic rings. The minimum Gasteiger partial charge on any atom is -0.352 e. The molecule has 4 nitrogen and oxygen atoms in total. The van der Waals surface area contributed by atoms with Crippen molar-refractivity contribution in [1.82, 2.24) is 10.3 Å². The number of pyridine rings is 1. The SMILES string of the molecule is CCC(CCBr)CNC(=O)c1ccc(=O)[nH]c1. The van der Waals surface area contributed by atoms with E-state index in [1.165, 1.54) is 18.3 Å². The van der Waals surface area contributed by atoms with Gasteiger partial charge in [0.1, 0.15) is 0 Å². The number of nitrogens with one attached hydrogen (secondary N) is 2. The summed E-state index contributed by atoms with van der Waals surface area (Å²) in [4.78, 5) is 25.1. The quantitative estimate of drug-likeness (QED) is 0.789. The van der Waals surface area contributed by atoms with E-state index in [1.54, 1.807) is 0 Å². The highest BCUT2D eigenvalue weighted by atomic mass is 79.9. The second-order valence-electron chi connectivity index (χ2n) is 3.90. The van der Waals surface area contributed by atoms with Crippen molar-refractivity contribution in [2.75, 3.05) is 11.9 Å². The fourth-order valence-corrected chi connectivity index (χ4v) is 2.14. The van der Waals surface area contributed by atoms with Gasteiger partial charge in [0.15, 0.2) is 0 Å². The van der Waals surface area contributed by atoms with Crippen LogP contribution >= 0.6 is 15.9 Å². The van der Waals surface area contributed by atoms with Gasteiger partial charge in [0.05, 0.1) is 5.56 Å². The van der Waals surface area contributed by atoms with Crippen LogP contribution < -0.4 is 10.9 Å². The predicted molar refractivity (Wildman–Crippen MR) is 71.6 cm³/mol. The van der Waals surface area contributed by atoms with Crippen molar-refractivity contribution in [1.29, 1.82) is 0 Å². The first kappa shape index (κ1) is 14.0. The van der Waals surface area contributed by atoms with Gasteiger partial charge >= 0.3 is 0 Å². The molecule has 0 saturated heterocycles. The number of alkyl halides is 1. The normalized spacial score (nSPS) is 12.1. The number of carbonyl (C=O) groups excluding carboxylic acids is 1. The van der Waals surface area contributed by atoms with Crippen LogP contribution in [0.4, 0.5) is 0 Å². The molecular weight excluding hydrogens is 284 g/mol. The molecule has 0 spiro atoms. The Morgan fingerprint density at radius 3 is 2.82 bits per heavy atom. The lowest BCUT2D eigenvalue weighted by molar-refractivity contribution is 0.0946. The molecule has 0 fully saturated rings. The van der Waals surface area contributed by atoms with Crippen molar-refractivity contribution >= 4 is 21.8 Å². The van der Waals surface area contributed by atoms with Crippen molar-refractivity contribution in [2.24, 2.45) is 5.92 Å². The van der Waals surface area contributed by atoms with E-state index in [0.29, 0.717) is 18.0 Å². The Bertz CT molecular complexity index is 397. The van der Waals surface area contributed by atoms with Crippen molar-refractivity contribution in [3.05, 3.63) is 34.2 Å². The topological polar surface area (TPSA) is 62.0 Å². The van der Waals surface area contributed by atoms with Crippen LogP contribution in [-0.4, -0.2) is 22.8 Å². The van der Waals surface area contributed by atoms with Crippen LogP contribution in [0.3, 0.4) is 0 Å². The Morgan fingerprint density at radius 1 is 1.53 bits per heavy atom. The summed E-state index contributed by atoms with van der Waals surface area (Å²) >= 11 is 3.40. The van der Waals surface area contributed by atoms with Gasteiger partial charge in [0.2, 0.25) is 5.56 Å². The summed E-state index contributed by atoms with van der Waals surface area (Å²) < 4.78 is 0. The molecule has 0 bridgehead atoms. The van der Waals surface area contributed by atoms with Gasteiger partial charge in [-0.3, -0.25) is 9.59 Å². The molecule has 1 aromatic heterocycles. The summed E-state index contributed by atoms with van der Waals surface area (Å²) in [6.07, 6.45) is 3.52. The molecule has 1 heterocycles. The first-order valence-electron chi connectivity index (χ1n) is 5.70. The Kier molecular flexibility index (Phi) is 5.97. The number of hydrogen-bond acceptors (Lipinski definition) is 2. The summed E-state index contributed by atoms with van der Waals surface area (Å²) in [6.45, 7) is 2.78. The van der Waals surface area contributed by atoms with E-state index in [1.807, 2.05) is 0 Å². The van der Waals surface area contributed by atoms with Gasteiger partial charge in [0, 0.05) is 24.1 Å². The van der Waals surface area contributed by atoms with Crippen LogP contribution in [0.2, 0.25) is 0 Å².